The van der Waals surface area contributed by atoms with Crippen LogP contribution >= 0.6 is 27.7 Å². The van der Waals surface area contributed by atoms with Gasteiger partial charge in [-0.1, -0.05) is 30.7 Å². The molecule has 0 spiro atoms. The first-order chi connectivity index (χ1) is 9.76. The lowest BCUT2D eigenvalue weighted by atomic mass is 9.92. The largest absolute Gasteiger partial charge is 0.496 e. The van der Waals surface area contributed by atoms with Gasteiger partial charge in [0.05, 0.1) is 23.7 Å². The molecule has 1 fully saturated rings. The number of benzene rings is 1. The Bertz CT molecular complexity index is 521. The molecule has 3 nitrogen and oxygen atoms in total. The Balaban J connectivity index is 1.58. The Morgan fingerprint density at radius 1 is 1.40 bits per heavy atom. The molecule has 1 aliphatic carbocycles. The number of rotatable bonds is 3. The fourth-order valence-electron chi connectivity index (χ4n) is 2.81. The third-order valence-electron chi connectivity index (χ3n) is 3.91. The lowest BCUT2D eigenvalue weighted by molar-refractivity contribution is 0.385. The molecule has 1 aliphatic heterocycles. The van der Waals surface area contributed by atoms with Gasteiger partial charge in [-0.05, 0) is 46.5 Å². The SMILES string of the molecule is COc1ccc(CSC2=N[C@@H]3CCCC[C@H]3N2)cc1Br. The average Bonchev–Trinajstić information content (AvgIpc) is 2.88. The van der Waals surface area contributed by atoms with E-state index in [1.165, 1.54) is 31.2 Å². The summed E-state index contributed by atoms with van der Waals surface area (Å²) in [6, 6.07) is 7.35. The molecule has 108 valence electrons. The highest BCUT2D eigenvalue weighted by Crippen LogP contribution is 2.30. The maximum Gasteiger partial charge on any atom is 0.157 e. The third-order valence-corrected chi connectivity index (χ3v) is 5.51. The summed E-state index contributed by atoms with van der Waals surface area (Å²) in [6.45, 7) is 0. The smallest absolute Gasteiger partial charge is 0.157 e. The number of ether oxygens (including phenoxy) is 1. The van der Waals surface area contributed by atoms with Gasteiger partial charge in [-0.15, -0.1) is 0 Å². The van der Waals surface area contributed by atoms with Crippen LogP contribution in [-0.2, 0) is 5.75 Å². The molecule has 1 aromatic rings. The molecule has 20 heavy (non-hydrogen) atoms. The fraction of sp³-hybridized carbons (Fsp3) is 0.533. The summed E-state index contributed by atoms with van der Waals surface area (Å²) in [5.74, 6) is 1.81. The zero-order valence-corrected chi connectivity index (χ0v) is 14.0. The van der Waals surface area contributed by atoms with Gasteiger partial charge in [0.15, 0.2) is 5.17 Å². The van der Waals surface area contributed by atoms with Gasteiger partial charge in [-0.3, -0.25) is 4.99 Å². The molecule has 3 rings (SSSR count). The molecular formula is C15H19BrN2OS. The Kier molecular flexibility index (Phi) is 4.56. The summed E-state index contributed by atoms with van der Waals surface area (Å²) in [5, 5.41) is 4.70. The van der Waals surface area contributed by atoms with E-state index in [2.05, 4.69) is 33.4 Å². The van der Waals surface area contributed by atoms with Crippen LogP contribution in [0.4, 0.5) is 0 Å². The van der Waals surface area contributed by atoms with Crippen LogP contribution in [0.3, 0.4) is 0 Å². The van der Waals surface area contributed by atoms with Crippen LogP contribution in [0, 0.1) is 0 Å². The van der Waals surface area contributed by atoms with Crippen molar-refractivity contribution in [2.24, 2.45) is 4.99 Å². The van der Waals surface area contributed by atoms with Gasteiger partial charge >= 0.3 is 0 Å². The Labute approximate surface area is 132 Å². The van der Waals surface area contributed by atoms with Crippen molar-refractivity contribution in [1.82, 2.24) is 5.32 Å². The number of hydrogen-bond donors (Lipinski definition) is 1. The van der Waals surface area contributed by atoms with E-state index in [-0.39, 0.29) is 0 Å². The van der Waals surface area contributed by atoms with E-state index in [0.717, 1.165) is 21.1 Å². The van der Waals surface area contributed by atoms with Crippen molar-refractivity contribution >= 4 is 32.9 Å². The molecule has 1 saturated carbocycles. The van der Waals surface area contributed by atoms with Crippen LogP contribution in [0.15, 0.2) is 27.7 Å². The van der Waals surface area contributed by atoms with Crippen LogP contribution in [0.2, 0.25) is 0 Å². The lowest BCUT2D eigenvalue weighted by Gasteiger charge is -2.23. The highest BCUT2D eigenvalue weighted by Gasteiger charge is 2.30. The Morgan fingerprint density at radius 2 is 2.25 bits per heavy atom. The molecule has 0 bridgehead atoms. The average molecular weight is 355 g/mol. The van der Waals surface area contributed by atoms with Crippen molar-refractivity contribution in [2.75, 3.05) is 7.11 Å². The number of halogens is 1. The Hall–Kier alpha value is -0.680. The van der Waals surface area contributed by atoms with Crippen molar-refractivity contribution in [3.05, 3.63) is 28.2 Å². The Morgan fingerprint density at radius 3 is 3.00 bits per heavy atom. The van der Waals surface area contributed by atoms with Gasteiger partial charge in [0, 0.05) is 5.75 Å². The van der Waals surface area contributed by atoms with E-state index in [9.17, 15) is 0 Å². The monoisotopic (exact) mass is 354 g/mol. The molecule has 0 saturated heterocycles. The van der Waals surface area contributed by atoms with Crippen LogP contribution in [0.25, 0.3) is 0 Å². The maximum absolute atomic E-state index is 5.25. The summed E-state index contributed by atoms with van der Waals surface area (Å²) < 4.78 is 6.26. The zero-order chi connectivity index (χ0) is 13.9. The number of fused-ring (bicyclic) bond motifs is 1. The molecule has 0 aromatic heterocycles. The predicted octanol–water partition coefficient (Wildman–Crippen LogP) is 3.96. The number of hydrogen-bond acceptors (Lipinski definition) is 4. The topological polar surface area (TPSA) is 33.6 Å². The maximum atomic E-state index is 5.25. The minimum atomic E-state index is 0.522. The van der Waals surface area contributed by atoms with Crippen LogP contribution in [0.5, 0.6) is 5.75 Å². The summed E-state index contributed by atoms with van der Waals surface area (Å²) in [7, 11) is 1.69. The van der Waals surface area contributed by atoms with Gasteiger partial charge in [-0.2, -0.15) is 0 Å². The van der Waals surface area contributed by atoms with E-state index < -0.39 is 0 Å². The molecule has 2 atom stereocenters. The second-order valence-electron chi connectivity index (χ2n) is 5.29. The van der Waals surface area contributed by atoms with Crippen molar-refractivity contribution in [3.8, 4) is 5.75 Å². The number of methoxy groups -OCH3 is 1. The first kappa shape index (κ1) is 14.3. The van der Waals surface area contributed by atoms with E-state index >= 15 is 0 Å². The van der Waals surface area contributed by atoms with Crippen molar-refractivity contribution in [2.45, 2.75) is 43.5 Å². The second kappa shape index (κ2) is 6.39. The summed E-state index contributed by atoms with van der Waals surface area (Å²) in [5.41, 5.74) is 1.28. The normalized spacial score (nSPS) is 24.8. The van der Waals surface area contributed by atoms with E-state index in [4.69, 9.17) is 9.73 Å². The van der Waals surface area contributed by atoms with Gasteiger partial charge in [0.2, 0.25) is 0 Å². The second-order valence-corrected chi connectivity index (χ2v) is 7.11. The number of aliphatic imine (C=N–C) groups is 1. The number of thioether (sulfide) groups is 1. The first-order valence-corrected chi connectivity index (χ1v) is 8.83. The van der Waals surface area contributed by atoms with Gasteiger partial charge in [0.25, 0.3) is 0 Å². The predicted molar refractivity (Wildman–Crippen MR) is 88.6 cm³/mol. The van der Waals surface area contributed by atoms with E-state index in [0.29, 0.717) is 12.1 Å². The third kappa shape index (κ3) is 3.14. The highest BCUT2D eigenvalue weighted by atomic mass is 79.9. The minimum Gasteiger partial charge on any atom is -0.496 e. The van der Waals surface area contributed by atoms with E-state index in [1.54, 1.807) is 18.9 Å². The summed E-state index contributed by atoms with van der Waals surface area (Å²) >= 11 is 5.33. The molecule has 1 heterocycles. The van der Waals surface area contributed by atoms with Crippen LogP contribution in [0.1, 0.15) is 31.2 Å². The lowest BCUT2D eigenvalue weighted by Crippen LogP contribution is -2.36. The fourth-order valence-corrected chi connectivity index (χ4v) is 4.33. The standard InChI is InChI=1S/C15H19BrN2OS/c1-19-14-7-6-10(8-11(14)16)9-20-15-17-12-4-2-3-5-13(12)18-15/h6-8,12-13H,2-5,9H2,1H3,(H,17,18)/t12-,13-/m1/s1. The molecular weight excluding hydrogens is 336 g/mol. The molecule has 0 amide bonds. The van der Waals surface area contributed by atoms with Crippen LogP contribution in [-0.4, -0.2) is 24.4 Å². The molecule has 0 radical (unpaired) electrons. The molecule has 5 heteroatoms. The zero-order valence-electron chi connectivity index (χ0n) is 11.6. The summed E-state index contributed by atoms with van der Waals surface area (Å²) in [4.78, 5) is 4.81. The van der Waals surface area contributed by atoms with Gasteiger partial charge in [-0.25, -0.2) is 0 Å². The molecule has 1 N–H and O–H groups in total. The molecule has 2 aliphatic rings. The minimum absolute atomic E-state index is 0.522. The number of amidine groups is 1. The number of nitrogens with one attached hydrogen (secondary N) is 1. The van der Waals surface area contributed by atoms with Gasteiger partial charge < -0.3 is 10.1 Å². The van der Waals surface area contributed by atoms with E-state index in [1.807, 2.05) is 6.07 Å². The number of nitrogens with zero attached hydrogens (tertiary/aromatic N) is 1. The summed E-state index contributed by atoms with van der Waals surface area (Å²) in [6.07, 6.45) is 5.19. The van der Waals surface area contributed by atoms with Gasteiger partial charge in [0.1, 0.15) is 5.75 Å². The first-order valence-electron chi connectivity index (χ1n) is 7.06. The van der Waals surface area contributed by atoms with Crippen molar-refractivity contribution < 1.29 is 4.74 Å². The molecule has 1 aromatic carbocycles. The van der Waals surface area contributed by atoms with Crippen LogP contribution < -0.4 is 10.1 Å². The molecule has 0 unspecified atom stereocenters. The highest BCUT2D eigenvalue weighted by molar-refractivity contribution is 9.10. The van der Waals surface area contributed by atoms with Crippen molar-refractivity contribution in [1.29, 1.82) is 0 Å². The van der Waals surface area contributed by atoms with Crippen molar-refractivity contribution in [3.63, 3.8) is 0 Å². The quantitative estimate of drug-likeness (QED) is 0.891.